The van der Waals surface area contributed by atoms with E-state index in [4.69, 9.17) is 0 Å². The van der Waals surface area contributed by atoms with Crippen molar-refractivity contribution in [3.8, 4) is 0 Å². The Kier molecular flexibility index (Phi) is 1.96. The molecule has 0 aliphatic rings. The van der Waals surface area contributed by atoms with Gasteiger partial charge in [0.25, 0.3) is 0 Å². The number of alkyl halides is 3. The van der Waals surface area contributed by atoms with Crippen molar-refractivity contribution in [3.05, 3.63) is 16.4 Å². The molecule has 1 heterocycles. The van der Waals surface area contributed by atoms with Gasteiger partial charge in [0.15, 0.2) is 5.69 Å². The van der Waals surface area contributed by atoms with Crippen molar-refractivity contribution in [2.45, 2.75) is 6.18 Å². The largest absolute Gasteiger partial charge is 0.436 e. The molecule has 61 valence electrons. The molecule has 0 atom stereocenters. The summed E-state index contributed by atoms with van der Waals surface area (Å²) in [4.78, 5) is 0. The van der Waals surface area contributed by atoms with Crippen LogP contribution in [0.5, 0.6) is 0 Å². The van der Waals surface area contributed by atoms with E-state index < -0.39 is 11.9 Å². The van der Waals surface area contributed by atoms with E-state index in [2.05, 4.69) is 27.2 Å². The van der Waals surface area contributed by atoms with Gasteiger partial charge >= 0.3 is 6.18 Å². The van der Waals surface area contributed by atoms with Crippen LogP contribution < -0.4 is 0 Å². The normalized spacial score (nSPS) is 12.1. The minimum Gasteiger partial charge on any atom is -0.265 e. The molecular weight excluding hydrogens is 225 g/mol. The fraction of sp³-hybridized carbons (Fsp3) is 0.400. The van der Waals surface area contributed by atoms with Gasteiger partial charge in [0.05, 0.1) is 4.47 Å². The minimum absolute atomic E-state index is 0.160. The first-order valence-corrected chi connectivity index (χ1v) is 3.39. The van der Waals surface area contributed by atoms with Gasteiger partial charge in [-0.1, -0.05) is 0 Å². The fourth-order valence-corrected chi connectivity index (χ4v) is 1.16. The molecule has 1 aromatic rings. The highest BCUT2D eigenvalue weighted by Crippen LogP contribution is 2.32. The molecule has 6 heteroatoms. The number of aryl methyl sites for hydroxylation is 1. The van der Waals surface area contributed by atoms with Gasteiger partial charge < -0.3 is 0 Å². The first kappa shape index (κ1) is 8.58. The highest BCUT2D eigenvalue weighted by atomic mass is 79.9. The zero-order valence-electron chi connectivity index (χ0n) is 5.41. The average Bonchev–Trinajstić information content (AvgIpc) is 2.08. The lowest BCUT2D eigenvalue weighted by Gasteiger charge is -2.00. The molecule has 0 aliphatic carbocycles. The summed E-state index contributed by atoms with van der Waals surface area (Å²) in [6.45, 7) is 0. The third-order valence-corrected chi connectivity index (χ3v) is 1.54. The molecule has 1 radical (unpaired) electrons. The second-order valence-electron chi connectivity index (χ2n) is 1.90. The molecule has 0 amide bonds. The number of aromatic nitrogens is 2. The summed E-state index contributed by atoms with van der Waals surface area (Å²) in [5, 5.41) is 3.17. The number of hydrogen-bond acceptors (Lipinski definition) is 1. The Hall–Kier alpha value is -0.520. The minimum atomic E-state index is -4.41. The summed E-state index contributed by atoms with van der Waals surface area (Å²) >= 11 is 2.69. The maximum Gasteiger partial charge on any atom is 0.436 e. The fourth-order valence-electron chi connectivity index (χ4n) is 0.595. The smallest absolute Gasteiger partial charge is 0.265 e. The molecule has 0 saturated heterocycles. The van der Waals surface area contributed by atoms with Gasteiger partial charge in [0.1, 0.15) is 6.20 Å². The molecule has 2 nitrogen and oxygen atoms in total. The summed E-state index contributed by atoms with van der Waals surface area (Å²) in [6.07, 6.45) is -2.09. The van der Waals surface area contributed by atoms with Gasteiger partial charge in [-0.3, -0.25) is 4.68 Å². The topological polar surface area (TPSA) is 17.8 Å². The number of hydrogen-bond donors (Lipinski definition) is 0. The second kappa shape index (κ2) is 2.51. The zero-order valence-corrected chi connectivity index (χ0v) is 6.99. The van der Waals surface area contributed by atoms with E-state index in [1.807, 2.05) is 0 Å². The van der Waals surface area contributed by atoms with Gasteiger partial charge in [-0.15, -0.1) is 0 Å². The molecule has 1 rings (SSSR count). The molecule has 0 fully saturated rings. The van der Waals surface area contributed by atoms with Crippen molar-refractivity contribution >= 4 is 15.9 Å². The Morgan fingerprint density at radius 2 is 2.09 bits per heavy atom. The van der Waals surface area contributed by atoms with E-state index in [9.17, 15) is 13.2 Å². The van der Waals surface area contributed by atoms with Crippen LogP contribution in [0.2, 0.25) is 0 Å². The predicted molar refractivity (Wildman–Crippen MR) is 34.7 cm³/mol. The van der Waals surface area contributed by atoms with Crippen LogP contribution in [0.25, 0.3) is 0 Å². The quantitative estimate of drug-likeness (QED) is 0.663. The SMILES string of the molecule is Cn1[c]c(Br)c(C(F)(F)F)n1. The van der Waals surface area contributed by atoms with Crippen LogP contribution in [-0.2, 0) is 13.2 Å². The van der Waals surface area contributed by atoms with Crippen molar-refractivity contribution in [3.63, 3.8) is 0 Å². The number of halogens is 4. The van der Waals surface area contributed by atoms with Gasteiger partial charge in [0, 0.05) is 7.05 Å². The highest BCUT2D eigenvalue weighted by Gasteiger charge is 2.36. The third-order valence-electron chi connectivity index (χ3n) is 0.986. The summed E-state index contributed by atoms with van der Waals surface area (Å²) in [5.41, 5.74) is -0.944. The van der Waals surface area contributed by atoms with E-state index in [1.54, 1.807) is 0 Å². The molecule has 0 spiro atoms. The first-order chi connectivity index (χ1) is 4.91. The lowest BCUT2D eigenvalue weighted by Crippen LogP contribution is -2.07. The molecule has 0 unspecified atom stereocenters. The van der Waals surface area contributed by atoms with Gasteiger partial charge in [-0.05, 0) is 15.9 Å². The van der Waals surface area contributed by atoms with E-state index in [1.165, 1.54) is 7.05 Å². The molecule has 0 N–H and O–H groups in total. The van der Waals surface area contributed by atoms with Crippen molar-refractivity contribution in [1.82, 2.24) is 9.78 Å². The van der Waals surface area contributed by atoms with Crippen molar-refractivity contribution in [2.24, 2.45) is 7.05 Å². The average molecular weight is 228 g/mol. The van der Waals surface area contributed by atoms with Gasteiger partial charge in [0.2, 0.25) is 0 Å². The van der Waals surface area contributed by atoms with Gasteiger partial charge in [-0.2, -0.15) is 18.3 Å². The molecule has 0 aliphatic heterocycles. The summed E-state index contributed by atoms with van der Waals surface area (Å²) in [6, 6.07) is 0. The Morgan fingerprint density at radius 3 is 2.27 bits per heavy atom. The number of nitrogens with zero attached hydrogens (tertiary/aromatic N) is 2. The lowest BCUT2D eigenvalue weighted by atomic mass is 10.4. The molecule has 0 aromatic carbocycles. The maximum atomic E-state index is 11.9. The third kappa shape index (κ3) is 1.74. The van der Waals surface area contributed by atoms with Crippen LogP contribution in [0, 0.1) is 6.20 Å². The molecular formula is C5H3BrF3N2. The van der Waals surface area contributed by atoms with E-state index in [0.29, 0.717) is 0 Å². The van der Waals surface area contributed by atoms with Crippen LogP contribution in [0.1, 0.15) is 5.69 Å². The maximum absolute atomic E-state index is 11.9. The molecule has 0 saturated carbocycles. The Labute approximate surface area is 69.1 Å². The highest BCUT2D eigenvalue weighted by molar-refractivity contribution is 9.10. The van der Waals surface area contributed by atoms with E-state index in [0.717, 1.165) is 4.68 Å². The molecule has 11 heavy (non-hydrogen) atoms. The van der Waals surface area contributed by atoms with Crippen LogP contribution in [0.4, 0.5) is 13.2 Å². The zero-order chi connectivity index (χ0) is 8.65. The monoisotopic (exact) mass is 227 g/mol. The molecule has 1 aromatic heterocycles. The van der Waals surface area contributed by atoms with Gasteiger partial charge in [-0.25, -0.2) is 0 Å². The van der Waals surface area contributed by atoms with Crippen LogP contribution in [-0.4, -0.2) is 9.78 Å². The van der Waals surface area contributed by atoms with Crippen molar-refractivity contribution in [1.29, 1.82) is 0 Å². The van der Waals surface area contributed by atoms with Crippen molar-refractivity contribution in [2.75, 3.05) is 0 Å². The number of rotatable bonds is 0. The standard InChI is InChI=1S/C5H3BrF3N2/c1-11-2-3(6)4(10-11)5(7,8)9/h1H3. The van der Waals surface area contributed by atoms with E-state index in [-0.39, 0.29) is 4.47 Å². The predicted octanol–water partition coefficient (Wildman–Crippen LogP) is 2.00. The van der Waals surface area contributed by atoms with Crippen LogP contribution >= 0.6 is 15.9 Å². The summed E-state index contributed by atoms with van der Waals surface area (Å²) in [7, 11) is 1.38. The Balaban J connectivity index is 3.13. The molecule has 0 bridgehead atoms. The first-order valence-electron chi connectivity index (χ1n) is 2.60. The Morgan fingerprint density at radius 1 is 1.55 bits per heavy atom. The van der Waals surface area contributed by atoms with Crippen LogP contribution in [0.3, 0.4) is 0 Å². The summed E-state index contributed by atoms with van der Waals surface area (Å²) < 4.78 is 36.6. The van der Waals surface area contributed by atoms with E-state index >= 15 is 0 Å². The van der Waals surface area contributed by atoms with Crippen molar-refractivity contribution < 1.29 is 13.2 Å². The second-order valence-corrected chi connectivity index (χ2v) is 2.69. The summed E-state index contributed by atoms with van der Waals surface area (Å²) in [5.74, 6) is 0. The van der Waals surface area contributed by atoms with Crippen LogP contribution in [0.15, 0.2) is 4.47 Å². The Bertz CT molecular complexity index is 265. The lowest BCUT2D eigenvalue weighted by molar-refractivity contribution is -0.142.